The summed E-state index contributed by atoms with van der Waals surface area (Å²) in [5.74, 6) is -4.02. The zero-order valence-corrected chi connectivity index (χ0v) is 75.4. The third-order valence-electron chi connectivity index (χ3n) is 20.8. The van der Waals surface area contributed by atoms with Gasteiger partial charge in [-0.05, 0) is 162 Å². The predicted octanol–water partition coefficient (Wildman–Crippen LogP) is 4.58. The lowest BCUT2D eigenvalue weighted by molar-refractivity contribution is -0.129. The number of aromatic nitrogens is 1. The summed E-state index contributed by atoms with van der Waals surface area (Å²) in [5.41, 5.74) is 27.8. The average molecular weight is 1830 g/mol. The molecule has 13 amide bonds. The molecule has 0 unspecified atom stereocenters. The Balaban J connectivity index is 0.0000299. The molecular formula is C92H137ClN20O17. The molecule has 0 saturated heterocycles. The second-order valence-corrected chi connectivity index (χ2v) is 31.0. The Morgan fingerprint density at radius 2 is 0.592 bits per heavy atom. The van der Waals surface area contributed by atoms with Crippen molar-refractivity contribution in [2.24, 2.45) is 22.9 Å². The quantitative estimate of drug-likeness (QED) is 0.0183. The van der Waals surface area contributed by atoms with Crippen molar-refractivity contribution in [1.29, 1.82) is 0 Å². The number of benzene rings is 5. The number of H-pyrrole nitrogens is 1. The maximum Gasteiger partial charge on any atom is 0.408 e. The number of nitrogens with one attached hydrogen (secondary N) is 14. The molecule has 5 atom stereocenters. The van der Waals surface area contributed by atoms with Crippen LogP contribution in [0.3, 0.4) is 0 Å². The van der Waals surface area contributed by atoms with Gasteiger partial charge in [-0.2, -0.15) is 0 Å². The number of fused-ring (bicyclic) bond motifs is 1. The SMILES string of the molecule is Cl.NCCCC[C@H](NC(=O)OCc1ccccc1)C(=O)NCCNC(=O)CCN(CCCC[C@H](C(=O)NCCc1cc2ccccc2[nH]1)N(CCC(=O)NCCNC(=O)[C@H](CCCCN)NC(=O)OCc1ccccc1)CCC(=O)NCCNC(=O)[C@H](CCCCN)NC(=O)OCc1ccccc1)CCC(=O)NCCNC(=O)[C@H](CCCCN)NC(=O)OCc1ccccc1. The van der Waals surface area contributed by atoms with E-state index < -0.39 is 95.9 Å². The van der Waals surface area contributed by atoms with E-state index in [9.17, 15) is 57.5 Å². The summed E-state index contributed by atoms with van der Waals surface area (Å²) in [6.45, 7) is 2.19. The van der Waals surface area contributed by atoms with Crippen LogP contribution < -0.4 is 92.1 Å². The van der Waals surface area contributed by atoms with Crippen molar-refractivity contribution in [2.45, 2.75) is 185 Å². The largest absolute Gasteiger partial charge is 0.445 e. The number of amides is 13. The number of halogens is 1. The van der Waals surface area contributed by atoms with E-state index in [-0.39, 0.29) is 194 Å². The monoisotopic (exact) mass is 1830 g/mol. The van der Waals surface area contributed by atoms with E-state index in [2.05, 4.69) is 74.1 Å². The summed E-state index contributed by atoms with van der Waals surface area (Å²) >= 11 is 0. The van der Waals surface area contributed by atoms with Gasteiger partial charge in [0, 0.05) is 128 Å². The second-order valence-electron chi connectivity index (χ2n) is 31.0. The maximum absolute atomic E-state index is 15.0. The van der Waals surface area contributed by atoms with Gasteiger partial charge >= 0.3 is 24.4 Å². The zero-order chi connectivity index (χ0) is 92.7. The van der Waals surface area contributed by atoms with Crippen molar-refractivity contribution in [1.82, 2.24) is 83.9 Å². The fourth-order valence-corrected chi connectivity index (χ4v) is 13.7. The van der Waals surface area contributed by atoms with Crippen LogP contribution in [0.4, 0.5) is 19.2 Å². The number of ether oxygens (including phenoxy) is 4. The molecule has 0 aliphatic carbocycles. The van der Waals surface area contributed by atoms with Crippen LogP contribution in [0, 0.1) is 0 Å². The maximum atomic E-state index is 15.0. The Kier molecular flexibility index (Phi) is 55.4. The number of nitrogens with zero attached hydrogens (tertiary/aromatic N) is 2. The first-order valence-corrected chi connectivity index (χ1v) is 44.9. The van der Waals surface area contributed by atoms with E-state index in [4.69, 9.17) is 41.9 Å². The van der Waals surface area contributed by atoms with Gasteiger partial charge in [0.2, 0.25) is 53.2 Å². The van der Waals surface area contributed by atoms with E-state index in [1.54, 1.807) is 53.4 Å². The van der Waals surface area contributed by atoms with Gasteiger partial charge in [-0.25, -0.2) is 19.2 Å². The van der Waals surface area contributed by atoms with Crippen LogP contribution in [0.25, 0.3) is 10.9 Å². The van der Waals surface area contributed by atoms with Crippen LogP contribution in [-0.2, 0) is 94.9 Å². The molecule has 37 nitrogen and oxygen atoms in total. The first kappa shape index (κ1) is 109. The fraction of sp³-hybridized carbons (Fsp3) is 0.511. The predicted molar refractivity (Wildman–Crippen MR) is 496 cm³/mol. The van der Waals surface area contributed by atoms with E-state index in [1.165, 1.54) is 0 Å². The van der Waals surface area contributed by atoms with Gasteiger partial charge in [0.05, 0.1) is 6.04 Å². The third kappa shape index (κ3) is 47.3. The number of alkyl carbamates (subject to hydrolysis) is 4. The van der Waals surface area contributed by atoms with Gasteiger partial charge in [0.15, 0.2) is 0 Å². The fourth-order valence-electron chi connectivity index (χ4n) is 13.7. The highest BCUT2D eigenvalue weighted by Crippen LogP contribution is 2.18. The highest BCUT2D eigenvalue weighted by atomic mass is 35.5. The molecule has 0 saturated carbocycles. The number of aromatic amines is 1. The summed E-state index contributed by atoms with van der Waals surface area (Å²) < 4.78 is 21.6. The molecule has 0 radical (unpaired) electrons. The molecule has 0 spiro atoms. The standard InChI is InChI=1S/C92H136N20O17.ClH/c93-45-20-15-35-75(107-89(122)126-64-68-25-5-1-6-26-68)84(117)102-54-50-97-80(113)41-59-111(60-42-81(114)98-51-55-103-85(118)76(36-16-21-46-94)108-90(123)127-65-69-27-7-2-8-28-69)58-24-19-39-79(88(121)101-49-40-73-63-72-33-13-14-34-74(72)106-73)112(61-43-82(115)99-52-56-104-86(119)77(37-17-22-47-95)109-91(124)128-66-70-29-9-3-10-30-70)62-44-83(116)100-53-57-105-87(120)78(38-18-23-48-96)110-92(125)129-67-71-31-11-4-12-32-71;/h1-14,25-34,63,75-79,106H,15-24,35-62,64-67,93-96H2,(H,97,113)(H,98,114)(H,99,115)(H,100,116)(H,101,121)(H,102,117)(H,103,118)(H,104,119)(H,105,120)(H,107,122)(H,108,123)(H,109,124)(H,110,125);1H/t75-,76-,77-,78-,79+;/m0./s1. The van der Waals surface area contributed by atoms with Gasteiger partial charge in [0.25, 0.3) is 0 Å². The Morgan fingerprint density at radius 3 is 0.908 bits per heavy atom. The number of carbonyl (C=O) groups excluding carboxylic acids is 13. The lowest BCUT2D eigenvalue weighted by Gasteiger charge is -2.31. The van der Waals surface area contributed by atoms with E-state index in [1.807, 2.05) is 108 Å². The highest BCUT2D eigenvalue weighted by Gasteiger charge is 2.30. The summed E-state index contributed by atoms with van der Waals surface area (Å²) in [6.07, 6.45) is 3.45. The molecule has 5 aromatic carbocycles. The van der Waals surface area contributed by atoms with Crippen LogP contribution in [-0.4, -0.2) is 240 Å². The summed E-state index contributed by atoms with van der Waals surface area (Å²) in [4.78, 5) is 184. The average Bonchev–Trinajstić information content (AvgIpc) is 1.72. The van der Waals surface area contributed by atoms with Gasteiger partial charge in [0.1, 0.15) is 50.6 Å². The number of hydrogen-bond donors (Lipinski definition) is 18. The smallest absolute Gasteiger partial charge is 0.408 e. The number of hydrogen-bond acceptors (Lipinski definition) is 23. The third-order valence-corrected chi connectivity index (χ3v) is 20.8. The molecule has 0 fully saturated rings. The molecule has 130 heavy (non-hydrogen) atoms. The minimum Gasteiger partial charge on any atom is -0.445 e. The number of para-hydroxylation sites is 1. The van der Waals surface area contributed by atoms with Crippen LogP contribution in [0.1, 0.15) is 150 Å². The van der Waals surface area contributed by atoms with Crippen molar-refractivity contribution in [3.05, 3.63) is 180 Å². The first-order chi connectivity index (χ1) is 62.7. The van der Waals surface area contributed by atoms with Crippen LogP contribution in [0.2, 0.25) is 0 Å². The van der Waals surface area contributed by atoms with E-state index in [0.29, 0.717) is 103 Å². The van der Waals surface area contributed by atoms with Crippen LogP contribution >= 0.6 is 12.4 Å². The molecule has 22 N–H and O–H groups in total. The number of nitrogens with two attached hydrogens (primary N) is 4. The van der Waals surface area contributed by atoms with Crippen LogP contribution in [0.5, 0.6) is 0 Å². The van der Waals surface area contributed by atoms with Crippen molar-refractivity contribution >= 4 is 101 Å². The Bertz CT molecular complexity index is 4050. The lowest BCUT2D eigenvalue weighted by atomic mass is 10.0. The first-order valence-electron chi connectivity index (χ1n) is 44.9. The van der Waals surface area contributed by atoms with E-state index in [0.717, 1.165) is 38.9 Å². The zero-order valence-electron chi connectivity index (χ0n) is 74.6. The van der Waals surface area contributed by atoms with Gasteiger partial charge in [-0.1, -0.05) is 146 Å². The normalized spacial score (nSPS) is 12.1. The molecule has 38 heteroatoms. The van der Waals surface area contributed by atoms with Crippen LogP contribution in [0.15, 0.2) is 152 Å². The molecule has 0 bridgehead atoms. The molecule has 0 aliphatic heterocycles. The van der Waals surface area contributed by atoms with Gasteiger partial charge < -0.3 is 121 Å². The summed E-state index contributed by atoms with van der Waals surface area (Å²) in [7, 11) is 0. The number of unbranched alkanes of at least 4 members (excludes halogenated alkanes) is 5. The van der Waals surface area contributed by atoms with Crippen molar-refractivity contribution in [3.8, 4) is 0 Å². The minimum absolute atomic E-state index is 0. The molecular weight excluding hydrogens is 1690 g/mol. The second kappa shape index (κ2) is 66.4. The van der Waals surface area contributed by atoms with Gasteiger partial charge in [-0.3, -0.25) is 48.1 Å². The molecule has 714 valence electrons. The molecule has 6 rings (SSSR count). The highest BCUT2D eigenvalue weighted by molar-refractivity contribution is 5.89. The summed E-state index contributed by atoms with van der Waals surface area (Å²) in [6, 6.07) is 41.2. The Morgan fingerprint density at radius 1 is 0.308 bits per heavy atom. The Hall–Kier alpha value is -12.0. The van der Waals surface area contributed by atoms with Crippen molar-refractivity contribution < 1.29 is 81.3 Å². The molecule has 1 heterocycles. The van der Waals surface area contributed by atoms with Crippen molar-refractivity contribution in [2.75, 3.05) is 118 Å². The minimum atomic E-state index is -0.971. The van der Waals surface area contributed by atoms with Gasteiger partial charge in [-0.15, -0.1) is 12.4 Å². The molecule has 1 aromatic heterocycles. The van der Waals surface area contributed by atoms with Crippen molar-refractivity contribution in [3.63, 3.8) is 0 Å². The summed E-state index contributed by atoms with van der Waals surface area (Å²) in [5, 5.41) is 37.2. The lowest BCUT2D eigenvalue weighted by Crippen LogP contribution is -2.50. The molecule has 6 aromatic rings. The molecule has 0 aliphatic rings. The number of rotatable bonds is 66. The topological polar surface area (TPSA) is 542 Å². The Labute approximate surface area is 767 Å². The van der Waals surface area contributed by atoms with E-state index >= 15 is 4.79 Å². The number of carbonyl (C=O) groups is 13.